The van der Waals surface area contributed by atoms with Gasteiger partial charge in [0.25, 0.3) is 0 Å². The first-order chi connectivity index (χ1) is 9.56. The second-order valence-electron chi connectivity index (χ2n) is 4.83. The molecule has 20 heavy (non-hydrogen) atoms. The van der Waals surface area contributed by atoms with Gasteiger partial charge in [-0.25, -0.2) is 9.97 Å². The van der Waals surface area contributed by atoms with E-state index < -0.39 is 0 Å². The van der Waals surface area contributed by atoms with Gasteiger partial charge in [-0.15, -0.1) is 0 Å². The average Bonchev–Trinajstić information content (AvgIpc) is 2.42. The molecule has 0 saturated carbocycles. The summed E-state index contributed by atoms with van der Waals surface area (Å²) in [5.74, 6) is 2.47. The van der Waals surface area contributed by atoms with E-state index in [1.165, 1.54) is 5.56 Å². The van der Waals surface area contributed by atoms with Crippen molar-refractivity contribution in [3.05, 3.63) is 35.2 Å². The highest BCUT2D eigenvalue weighted by Gasteiger charge is 2.14. The molecular weight excluding hydrogens is 250 g/mol. The summed E-state index contributed by atoms with van der Waals surface area (Å²) in [7, 11) is 1.68. The maximum atomic E-state index is 5.47. The molecule has 0 unspecified atom stereocenters. The molecule has 1 heterocycles. The fraction of sp³-hybridized carbons (Fsp3) is 0.375. The Balaban J connectivity index is 2.66. The number of nitrogens with zero attached hydrogens (tertiary/aromatic N) is 2. The average molecular weight is 271 g/mol. The molecule has 4 heteroatoms. The number of nitrogens with one attached hydrogen (secondary N) is 1. The summed E-state index contributed by atoms with van der Waals surface area (Å²) in [4.78, 5) is 9.07. The topological polar surface area (TPSA) is 47.0 Å². The molecule has 0 spiro atoms. The number of hydrogen-bond acceptors (Lipinski definition) is 4. The van der Waals surface area contributed by atoms with Gasteiger partial charge in [-0.1, -0.05) is 11.6 Å². The molecular formula is C16H21N3O. The predicted molar refractivity (Wildman–Crippen MR) is 82.4 cm³/mol. The van der Waals surface area contributed by atoms with E-state index in [0.29, 0.717) is 0 Å². The first-order valence-electron chi connectivity index (χ1n) is 6.81. The molecule has 0 amide bonds. The standard InChI is InChI=1S/C16H21N3O/c1-6-17-16-11(3)15(18-12(4)19-16)13-9-10(2)7-8-14(13)20-5/h7-9H,6H2,1-5H3,(H,17,18,19). The normalized spacial score (nSPS) is 10.4. The number of rotatable bonds is 4. The Bertz CT molecular complexity index is 623. The molecule has 4 nitrogen and oxygen atoms in total. The lowest BCUT2D eigenvalue weighted by Gasteiger charge is -2.15. The van der Waals surface area contributed by atoms with Gasteiger partial charge in [-0.3, -0.25) is 0 Å². The van der Waals surface area contributed by atoms with Crippen LogP contribution in [-0.2, 0) is 0 Å². The van der Waals surface area contributed by atoms with Gasteiger partial charge in [0.05, 0.1) is 12.8 Å². The fourth-order valence-corrected chi connectivity index (χ4v) is 2.24. The number of benzene rings is 1. The fourth-order valence-electron chi connectivity index (χ4n) is 2.24. The zero-order chi connectivity index (χ0) is 14.7. The molecule has 1 aromatic carbocycles. The minimum absolute atomic E-state index is 0.755. The molecule has 2 rings (SSSR count). The van der Waals surface area contributed by atoms with Crippen LogP contribution in [0.1, 0.15) is 23.9 Å². The van der Waals surface area contributed by atoms with Gasteiger partial charge in [-0.2, -0.15) is 0 Å². The number of hydrogen-bond donors (Lipinski definition) is 1. The van der Waals surface area contributed by atoms with E-state index in [-0.39, 0.29) is 0 Å². The van der Waals surface area contributed by atoms with Gasteiger partial charge in [0.2, 0.25) is 0 Å². The van der Waals surface area contributed by atoms with Crippen LogP contribution in [0.15, 0.2) is 18.2 Å². The zero-order valence-electron chi connectivity index (χ0n) is 12.7. The summed E-state index contributed by atoms with van der Waals surface area (Å²) in [6.45, 7) is 8.91. The molecule has 0 saturated heterocycles. The van der Waals surface area contributed by atoms with Crippen molar-refractivity contribution in [3.8, 4) is 17.0 Å². The third-order valence-corrected chi connectivity index (χ3v) is 3.21. The minimum atomic E-state index is 0.755. The lowest BCUT2D eigenvalue weighted by Crippen LogP contribution is -2.06. The third kappa shape index (κ3) is 2.74. The quantitative estimate of drug-likeness (QED) is 0.924. The first kappa shape index (κ1) is 14.3. The van der Waals surface area contributed by atoms with Crippen molar-refractivity contribution in [1.82, 2.24) is 9.97 Å². The van der Waals surface area contributed by atoms with E-state index in [2.05, 4.69) is 35.2 Å². The Labute approximate surface area is 120 Å². The van der Waals surface area contributed by atoms with Crippen LogP contribution in [0.3, 0.4) is 0 Å². The van der Waals surface area contributed by atoms with Gasteiger partial charge in [-0.05, 0) is 39.8 Å². The van der Waals surface area contributed by atoms with E-state index in [1.807, 2.05) is 26.0 Å². The van der Waals surface area contributed by atoms with Crippen molar-refractivity contribution < 1.29 is 4.74 Å². The van der Waals surface area contributed by atoms with Crippen molar-refractivity contribution in [2.75, 3.05) is 19.0 Å². The van der Waals surface area contributed by atoms with Gasteiger partial charge in [0.1, 0.15) is 17.4 Å². The molecule has 0 aliphatic heterocycles. The van der Waals surface area contributed by atoms with Crippen molar-refractivity contribution >= 4 is 5.82 Å². The maximum absolute atomic E-state index is 5.47. The van der Waals surface area contributed by atoms with Crippen LogP contribution >= 0.6 is 0 Å². The SMILES string of the molecule is CCNc1nc(C)nc(-c2cc(C)ccc2OC)c1C. The highest BCUT2D eigenvalue weighted by molar-refractivity contribution is 5.74. The summed E-state index contributed by atoms with van der Waals surface area (Å²) < 4.78 is 5.47. The Morgan fingerprint density at radius 1 is 1.15 bits per heavy atom. The summed E-state index contributed by atoms with van der Waals surface area (Å²) in [6.07, 6.45) is 0. The van der Waals surface area contributed by atoms with Crippen molar-refractivity contribution in [2.45, 2.75) is 27.7 Å². The number of aromatic nitrogens is 2. The smallest absolute Gasteiger partial charge is 0.133 e. The lowest BCUT2D eigenvalue weighted by atomic mass is 10.0. The monoisotopic (exact) mass is 271 g/mol. The summed E-state index contributed by atoms with van der Waals surface area (Å²) >= 11 is 0. The third-order valence-electron chi connectivity index (χ3n) is 3.21. The lowest BCUT2D eigenvalue weighted by molar-refractivity contribution is 0.416. The van der Waals surface area contributed by atoms with E-state index in [9.17, 15) is 0 Å². The van der Waals surface area contributed by atoms with Gasteiger partial charge in [0, 0.05) is 17.7 Å². The summed E-state index contributed by atoms with van der Waals surface area (Å²) in [6, 6.07) is 6.12. The second-order valence-corrected chi connectivity index (χ2v) is 4.83. The second kappa shape index (κ2) is 5.90. The van der Waals surface area contributed by atoms with E-state index in [4.69, 9.17) is 4.74 Å². The summed E-state index contributed by atoms with van der Waals surface area (Å²) in [5.41, 5.74) is 4.16. The Kier molecular flexibility index (Phi) is 4.23. The van der Waals surface area contributed by atoms with Crippen LogP contribution in [0.25, 0.3) is 11.3 Å². The molecule has 0 bridgehead atoms. The molecule has 0 radical (unpaired) electrons. The number of aryl methyl sites for hydroxylation is 2. The zero-order valence-corrected chi connectivity index (χ0v) is 12.7. The van der Waals surface area contributed by atoms with Crippen molar-refractivity contribution in [3.63, 3.8) is 0 Å². The molecule has 0 aliphatic carbocycles. The minimum Gasteiger partial charge on any atom is -0.496 e. The van der Waals surface area contributed by atoms with E-state index in [0.717, 1.165) is 40.8 Å². The maximum Gasteiger partial charge on any atom is 0.133 e. The van der Waals surface area contributed by atoms with Crippen LogP contribution in [0.5, 0.6) is 5.75 Å². The molecule has 0 atom stereocenters. The predicted octanol–water partition coefficient (Wildman–Crippen LogP) is 3.51. The highest BCUT2D eigenvalue weighted by Crippen LogP contribution is 2.33. The molecule has 1 aromatic heterocycles. The van der Waals surface area contributed by atoms with Crippen LogP contribution in [0.4, 0.5) is 5.82 Å². The van der Waals surface area contributed by atoms with E-state index in [1.54, 1.807) is 7.11 Å². The Morgan fingerprint density at radius 2 is 1.90 bits per heavy atom. The molecule has 2 aromatic rings. The van der Waals surface area contributed by atoms with Gasteiger partial charge < -0.3 is 10.1 Å². The molecule has 1 N–H and O–H groups in total. The molecule has 106 valence electrons. The van der Waals surface area contributed by atoms with Gasteiger partial charge >= 0.3 is 0 Å². The number of ether oxygens (including phenoxy) is 1. The van der Waals surface area contributed by atoms with Crippen LogP contribution in [0, 0.1) is 20.8 Å². The van der Waals surface area contributed by atoms with Crippen molar-refractivity contribution in [1.29, 1.82) is 0 Å². The van der Waals surface area contributed by atoms with Crippen LogP contribution in [0.2, 0.25) is 0 Å². The highest BCUT2D eigenvalue weighted by atomic mass is 16.5. The molecule has 0 aliphatic rings. The van der Waals surface area contributed by atoms with Crippen molar-refractivity contribution in [2.24, 2.45) is 0 Å². The molecule has 0 fully saturated rings. The summed E-state index contributed by atoms with van der Waals surface area (Å²) in [5, 5.41) is 3.29. The van der Waals surface area contributed by atoms with Crippen LogP contribution < -0.4 is 10.1 Å². The van der Waals surface area contributed by atoms with Gasteiger partial charge in [0.15, 0.2) is 0 Å². The van der Waals surface area contributed by atoms with Crippen LogP contribution in [-0.4, -0.2) is 23.6 Å². The number of anilines is 1. The Morgan fingerprint density at radius 3 is 2.55 bits per heavy atom. The largest absolute Gasteiger partial charge is 0.496 e. The Hall–Kier alpha value is -2.10. The van der Waals surface area contributed by atoms with E-state index >= 15 is 0 Å². The first-order valence-corrected chi connectivity index (χ1v) is 6.81. The number of methoxy groups -OCH3 is 1.